The van der Waals surface area contributed by atoms with Crippen LogP contribution < -0.4 is 10.2 Å². The largest absolute Gasteiger partial charge is 0.353 e. The van der Waals surface area contributed by atoms with E-state index in [0.29, 0.717) is 6.54 Å². The number of carbonyl (C=O) groups excluding carboxylic acids is 1. The number of aryl methyl sites for hydroxylation is 1. The van der Waals surface area contributed by atoms with Gasteiger partial charge in [-0.2, -0.15) is 0 Å². The first-order valence-corrected chi connectivity index (χ1v) is 8.83. The maximum absolute atomic E-state index is 12.1. The number of hydrogen-bond acceptors (Lipinski definition) is 5. The summed E-state index contributed by atoms with van der Waals surface area (Å²) < 4.78 is 0. The Kier molecular flexibility index (Phi) is 4.90. The van der Waals surface area contributed by atoms with E-state index in [-0.39, 0.29) is 11.4 Å². The third-order valence-corrected chi connectivity index (χ3v) is 4.27. The maximum atomic E-state index is 12.1. The quantitative estimate of drug-likeness (QED) is 0.925. The molecule has 1 fully saturated rings. The Bertz CT molecular complexity index is 760. The zero-order chi connectivity index (χ0) is 18.0. The SMILES string of the molecule is Cc1nc2ccccc2nc1N1CCN(CC(=O)NC(C)(C)C)CC1. The number of hydrogen-bond donors (Lipinski definition) is 1. The second-order valence-corrected chi connectivity index (χ2v) is 7.68. The number of carbonyl (C=O) groups is 1. The Hall–Kier alpha value is -2.21. The minimum atomic E-state index is -0.184. The number of fused-ring (bicyclic) bond motifs is 1. The molecular formula is C19H27N5O. The van der Waals surface area contributed by atoms with E-state index in [1.54, 1.807) is 0 Å². The van der Waals surface area contributed by atoms with Crippen molar-refractivity contribution in [3.05, 3.63) is 30.0 Å². The van der Waals surface area contributed by atoms with E-state index in [2.05, 4.69) is 20.1 Å². The number of aromatic nitrogens is 2. The molecule has 134 valence electrons. The molecule has 1 aliphatic heterocycles. The van der Waals surface area contributed by atoms with Crippen LogP contribution in [0.4, 0.5) is 5.82 Å². The van der Waals surface area contributed by atoms with Crippen molar-refractivity contribution in [3.63, 3.8) is 0 Å². The standard InChI is InChI=1S/C19H27N5O/c1-14-18(21-16-8-6-5-7-15(16)20-14)24-11-9-23(10-12-24)13-17(25)22-19(2,3)4/h5-8H,9-13H2,1-4H3,(H,22,25). The molecule has 1 aliphatic rings. The summed E-state index contributed by atoms with van der Waals surface area (Å²) in [5, 5.41) is 3.02. The Labute approximate surface area is 149 Å². The van der Waals surface area contributed by atoms with E-state index in [4.69, 9.17) is 4.98 Å². The summed E-state index contributed by atoms with van der Waals surface area (Å²) in [7, 11) is 0. The first-order valence-electron chi connectivity index (χ1n) is 8.83. The number of para-hydroxylation sites is 2. The summed E-state index contributed by atoms with van der Waals surface area (Å²) in [6, 6.07) is 7.96. The molecule has 1 amide bonds. The molecule has 1 N–H and O–H groups in total. The normalized spacial score (nSPS) is 16.2. The fourth-order valence-electron chi connectivity index (χ4n) is 3.16. The van der Waals surface area contributed by atoms with Crippen LogP contribution in [0.1, 0.15) is 26.5 Å². The van der Waals surface area contributed by atoms with Crippen molar-refractivity contribution in [2.45, 2.75) is 33.2 Å². The molecule has 1 saturated heterocycles. The Morgan fingerprint density at radius 3 is 2.28 bits per heavy atom. The van der Waals surface area contributed by atoms with Crippen LogP contribution >= 0.6 is 0 Å². The molecule has 1 aromatic heterocycles. The summed E-state index contributed by atoms with van der Waals surface area (Å²) in [5.74, 6) is 1.04. The summed E-state index contributed by atoms with van der Waals surface area (Å²) >= 11 is 0. The predicted molar refractivity (Wildman–Crippen MR) is 101 cm³/mol. The van der Waals surface area contributed by atoms with E-state index in [9.17, 15) is 4.79 Å². The lowest BCUT2D eigenvalue weighted by molar-refractivity contribution is -0.123. The molecule has 2 heterocycles. The highest BCUT2D eigenvalue weighted by Gasteiger charge is 2.23. The Morgan fingerprint density at radius 2 is 1.68 bits per heavy atom. The highest BCUT2D eigenvalue weighted by atomic mass is 16.2. The molecule has 0 radical (unpaired) electrons. The van der Waals surface area contributed by atoms with Gasteiger partial charge in [-0.25, -0.2) is 9.97 Å². The van der Waals surface area contributed by atoms with Crippen molar-refractivity contribution in [2.75, 3.05) is 37.6 Å². The second-order valence-electron chi connectivity index (χ2n) is 7.68. The molecule has 0 bridgehead atoms. The maximum Gasteiger partial charge on any atom is 0.234 e. The molecule has 6 heteroatoms. The number of amides is 1. The average Bonchev–Trinajstić information content (AvgIpc) is 2.53. The van der Waals surface area contributed by atoms with E-state index in [1.807, 2.05) is 52.0 Å². The van der Waals surface area contributed by atoms with Crippen molar-refractivity contribution in [2.24, 2.45) is 0 Å². The Balaban J connectivity index is 1.63. The number of piperazine rings is 1. The van der Waals surface area contributed by atoms with Crippen LogP contribution in [-0.2, 0) is 4.79 Å². The van der Waals surface area contributed by atoms with Crippen LogP contribution in [0.2, 0.25) is 0 Å². The second kappa shape index (κ2) is 6.96. The van der Waals surface area contributed by atoms with Crippen LogP contribution in [0, 0.1) is 6.92 Å². The molecule has 0 atom stereocenters. The van der Waals surface area contributed by atoms with Crippen LogP contribution in [0.25, 0.3) is 11.0 Å². The monoisotopic (exact) mass is 341 g/mol. The van der Waals surface area contributed by atoms with E-state index >= 15 is 0 Å². The Morgan fingerprint density at radius 1 is 1.08 bits per heavy atom. The summed E-state index contributed by atoms with van der Waals surface area (Å²) in [6.07, 6.45) is 0. The van der Waals surface area contributed by atoms with E-state index in [1.165, 1.54) is 0 Å². The van der Waals surface area contributed by atoms with Crippen molar-refractivity contribution < 1.29 is 4.79 Å². The van der Waals surface area contributed by atoms with Gasteiger partial charge in [0.1, 0.15) is 0 Å². The van der Waals surface area contributed by atoms with Crippen LogP contribution in [0.5, 0.6) is 0 Å². The molecule has 0 spiro atoms. The lowest BCUT2D eigenvalue weighted by Crippen LogP contribution is -2.52. The van der Waals surface area contributed by atoms with Gasteiger partial charge in [0.15, 0.2) is 5.82 Å². The third kappa shape index (κ3) is 4.45. The predicted octanol–water partition coefficient (Wildman–Crippen LogP) is 1.97. The van der Waals surface area contributed by atoms with Crippen molar-refractivity contribution in [1.29, 1.82) is 0 Å². The molecule has 0 aliphatic carbocycles. The summed E-state index contributed by atoms with van der Waals surface area (Å²) in [5.41, 5.74) is 2.63. The molecule has 1 aromatic carbocycles. The van der Waals surface area contributed by atoms with Gasteiger partial charge in [-0.1, -0.05) is 12.1 Å². The molecule has 3 rings (SSSR count). The topological polar surface area (TPSA) is 61.4 Å². The van der Waals surface area contributed by atoms with E-state index in [0.717, 1.165) is 48.7 Å². The first-order chi connectivity index (χ1) is 11.8. The lowest BCUT2D eigenvalue weighted by atomic mass is 10.1. The van der Waals surface area contributed by atoms with Crippen molar-refractivity contribution in [3.8, 4) is 0 Å². The summed E-state index contributed by atoms with van der Waals surface area (Å²) in [4.78, 5) is 26.0. The van der Waals surface area contributed by atoms with E-state index < -0.39 is 0 Å². The fourth-order valence-corrected chi connectivity index (χ4v) is 3.16. The summed E-state index contributed by atoms with van der Waals surface area (Å²) in [6.45, 7) is 11.9. The zero-order valence-electron chi connectivity index (χ0n) is 15.5. The number of anilines is 1. The molecule has 25 heavy (non-hydrogen) atoms. The number of nitrogens with zero attached hydrogens (tertiary/aromatic N) is 4. The smallest absolute Gasteiger partial charge is 0.234 e. The number of benzene rings is 1. The molecular weight excluding hydrogens is 314 g/mol. The van der Waals surface area contributed by atoms with Gasteiger partial charge < -0.3 is 10.2 Å². The molecule has 2 aromatic rings. The van der Waals surface area contributed by atoms with Crippen LogP contribution in [0.3, 0.4) is 0 Å². The number of nitrogens with one attached hydrogen (secondary N) is 1. The molecule has 0 unspecified atom stereocenters. The molecule has 6 nitrogen and oxygen atoms in total. The van der Waals surface area contributed by atoms with Crippen molar-refractivity contribution >= 4 is 22.8 Å². The van der Waals surface area contributed by atoms with Gasteiger partial charge in [0.2, 0.25) is 5.91 Å². The average molecular weight is 341 g/mol. The van der Waals surface area contributed by atoms with Gasteiger partial charge in [-0.15, -0.1) is 0 Å². The van der Waals surface area contributed by atoms with Gasteiger partial charge in [-0.3, -0.25) is 9.69 Å². The third-order valence-electron chi connectivity index (χ3n) is 4.27. The zero-order valence-corrected chi connectivity index (χ0v) is 15.5. The van der Waals surface area contributed by atoms with Gasteiger partial charge >= 0.3 is 0 Å². The first kappa shape index (κ1) is 17.6. The van der Waals surface area contributed by atoms with Gasteiger partial charge in [0, 0.05) is 31.7 Å². The minimum absolute atomic E-state index is 0.0858. The van der Waals surface area contributed by atoms with Gasteiger partial charge in [0.05, 0.1) is 23.3 Å². The van der Waals surface area contributed by atoms with Crippen LogP contribution in [0.15, 0.2) is 24.3 Å². The minimum Gasteiger partial charge on any atom is -0.353 e. The van der Waals surface area contributed by atoms with Crippen molar-refractivity contribution in [1.82, 2.24) is 20.2 Å². The molecule has 0 saturated carbocycles. The van der Waals surface area contributed by atoms with Crippen LogP contribution in [-0.4, -0.2) is 59.0 Å². The highest BCUT2D eigenvalue weighted by molar-refractivity contribution is 5.79. The highest BCUT2D eigenvalue weighted by Crippen LogP contribution is 2.21. The fraction of sp³-hybridized carbons (Fsp3) is 0.526. The van der Waals surface area contributed by atoms with Gasteiger partial charge in [0.25, 0.3) is 0 Å². The lowest BCUT2D eigenvalue weighted by Gasteiger charge is -2.36. The number of rotatable bonds is 3. The van der Waals surface area contributed by atoms with Gasteiger partial charge in [-0.05, 0) is 39.8 Å².